The van der Waals surface area contributed by atoms with Gasteiger partial charge in [-0.05, 0) is 12.5 Å². The fourth-order valence-electron chi connectivity index (χ4n) is 2.05. The minimum atomic E-state index is -0.659. The SMILES string of the molecule is N#CC1c2ccc(Cl)c(Cl)c2C(=O)N1CCCO. The third-order valence-corrected chi connectivity index (χ3v) is 3.69. The van der Waals surface area contributed by atoms with Gasteiger partial charge in [0.25, 0.3) is 5.91 Å². The van der Waals surface area contributed by atoms with Crippen molar-refractivity contribution in [2.45, 2.75) is 12.5 Å². The molecule has 1 aromatic carbocycles. The van der Waals surface area contributed by atoms with Gasteiger partial charge in [-0.15, -0.1) is 0 Å². The van der Waals surface area contributed by atoms with Gasteiger partial charge in [0.15, 0.2) is 0 Å². The second-order valence-electron chi connectivity index (χ2n) is 3.93. The third-order valence-electron chi connectivity index (χ3n) is 2.89. The zero-order valence-corrected chi connectivity index (χ0v) is 10.9. The molecule has 0 radical (unpaired) electrons. The minimum Gasteiger partial charge on any atom is -0.396 e. The molecule has 2 rings (SSSR count). The summed E-state index contributed by atoms with van der Waals surface area (Å²) in [7, 11) is 0. The van der Waals surface area contributed by atoms with Crippen LogP contribution in [0.15, 0.2) is 12.1 Å². The number of amides is 1. The lowest BCUT2D eigenvalue weighted by molar-refractivity contribution is 0.0746. The fourth-order valence-corrected chi connectivity index (χ4v) is 2.46. The zero-order valence-electron chi connectivity index (χ0n) is 9.36. The molecule has 4 nitrogen and oxygen atoms in total. The molecule has 1 aliphatic heterocycles. The Bertz CT molecular complexity index is 540. The molecule has 94 valence electrons. The van der Waals surface area contributed by atoms with Crippen molar-refractivity contribution in [1.29, 1.82) is 5.26 Å². The summed E-state index contributed by atoms with van der Waals surface area (Å²) >= 11 is 11.9. The van der Waals surface area contributed by atoms with Gasteiger partial charge in [0.05, 0.1) is 21.7 Å². The van der Waals surface area contributed by atoms with E-state index in [9.17, 15) is 10.1 Å². The number of nitrogens with zero attached hydrogens (tertiary/aromatic N) is 2. The number of hydrogen-bond donors (Lipinski definition) is 1. The van der Waals surface area contributed by atoms with Crippen LogP contribution in [0.2, 0.25) is 10.0 Å². The Balaban J connectivity index is 2.46. The smallest absolute Gasteiger partial charge is 0.257 e. The number of carbonyl (C=O) groups excluding carboxylic acids is 1. The quantitative estimate of drug-likeness (QED) is 0.927. The predicted molar refractivity (Wildman–Crippen MR) is 67.6 cm³/mol. The highest BCUT2D eigenvalue weighted by Gasteiger charge is 2.38. The summed E-state index contributed by atoms with van der Waals surface area (Å²) < 4.78 is 0. The first-order valence-electron chi connectivity index (χ1n) is 5.41. The fraction of sp³-hybridized carbons (Fsp3) is 0.333. The molecule has 1 amide bonds. The van der Waals surface area contributed by atoms with Crippen LogP contribution in [0, 0.1) is 11.3 Å². The lowest BCUT2D eigenvalue weighted by atomic mass is 10.1. The summed E-state index contributed by atoms with van der Waals surface area (Å²) in [5, 5.41) is 18.5. The molecule has 6 heteroatoms. The number of fused-ring (bicyclic) bond motifs is 1. The lowest BCUT2D eigenvalue weighted by Crippen LogP contribution is -2.29. The number of nitriles is 1. The Morgan fingerprint density at radius 1 is 1.44 bits per heavy atom. The Morgan fingerprint density at radius 3 is 2.78 bits per heavy atom. The van der Waals surface area contributed by atoms with Crippen LogP contribution in [0.3, 0.4) is 0 Å². The molecule has 0 aliphatic carbocycles. The summed E-state index contributed by atoms with van der Waals surface area (Å²) in [5.41, 5.74) is 0.878. The van der Waals surface area contributed by atoms with E-state index in [1.165, 1.54) is 4.90 Å². The number of aliphatic hydroxyl groups is 1. The maximum absolute atomic E-state index is 12.2. The molecule has 0 aromatic heterocycles. The van der Waals surface area contributed by atoms with Crippen LogP contribution in [-0.4, -0.2) is 29.1 Å². The van der Waals surface area contributed by atoms with Crippen molar-refractivity contribution in [3.8, 4) is 6.07 Å². The van der Waals surface area contributed by atoms with Crippen LogP contribution in [0.4, 0.5) is 0 Å². The molecule has 1 aromatic rings. The number of aliphatic hydroxyl groups excluding tert-OH is 1. The van der Waals surface area contributed by atoms with Crippen molar-refractivity contribution in [1.82, 2.24) is 4.90 Å². The Labute approximate surface area is 114 Å². The first kappa shape index (κ1) is 13.2. The Kier molecular flexibility index (Phi) is 3.76. The van der Waals surface area contributed by atoms with Crippen LogP contribution in [0.25, 0.3) is 0 Å². The van der Waals surface area contributed by atoms with Gasteiger partial charge in [0.2, 0.25) is 0 Å². The third kappa shape index (κ3) is 1.95. The topological polar surface area (TPSA) is 64.3 Å². The largest absolute Gasteiger partial charge is 0.396 e. The van der Waals surface area contributed by atoms with Gasteiger partial charge >= 0.3 is 0 Å². The molecule has 0 spiro atoms. The first-order chi connectivity index (χ1) is 8.61. The molecule has 1 N–H and O–H groups in total. The van der Waals surface area contributed by atoms with E-state index in [2.05, 4.69) is 6.07 Å². The van der Waals surface area contributed by atoms with Crippen LogP contribution in [0.1, 0.15) is 28.4 Å². The second-order valence-corrected chi connectivity index (χ2v) is 4.72. The van der Waals surface area contributed by atoms with Crippen LogP contribution in [0.5, 0.6) is 0 Å². The number of carbonyl (C=O) groups is 1. The minimum absolute atomic E-state index is 0.0350. The predicted octanol–water partition coefficient (Wildman–Crippen LogP) is 2.40. The number of rotatable bonds is 3. The average molecular weight is 285 g/mol. The summed E-state index contributed by atoms with van der Waals surface area (Å²) in [6, 6.07) is 4.65. The molecule has 1 atom stereocenters. The van der Waals surface area contributed by atoms with Crippen molar-refractivity contribution in [2.24, 2.45) is 0 Å². The summed E-state index contributed by atoms with van der Waals surface area (Å²) in [5.74, 6) is -0.308. The van der Waals surface area contributed by atoms with E-state index < -0.39 is 6.04 Å². The average Bonchev–Trinajstić information content (AvgIpc) is 2.64. The molecule has 1 heterocycles. The van der Waals surface area contributed by atoms with Crippen molar-refractivity contribution >= 4 is 29.1 Å². The normalized spacial score (nSPS) is 17.8. The van der Waals surface area contributed by atoms with Gasteiger partial charge in [0, 0.05) is 18.7 Å². The van der Waals surface area contributed by atoms with E-state index in [4.69, 9.17) is 28.3 Å². The van der Waals surface area contributed by atoms with Crippen molar-refractivity contribution in [2.75, 3.05) is 13.2 Å². The Morgan fingerprint density at radius 2 is 2.17 bits per heavy atom. The molecule has 0 fully saturated rings. The molecular formula is C12H10Cl2N2O2. The van der Waals surface area contributed by atoms with Crippen LogP contribution >= 0.6 is 23.2 Å². The van der Waals surface area contributed by atoms with Crippen LogP contribution < -0.4 is 0 Å². The van der Waals surface area contributed by atoms with Gasteiger partial charge in [-0.25, -0.2) is 0 Å². The van der Waals surface area contributed by atoms with E-state index >= 15 is 0 Å². The molecule has 0 saturated heterocycles. The van der Waals surface area contributed by atoms with Crippen molar-refractivity contribution < 1.29 is 9.90 Å². The standard InChI is InChI=1S/C12H10Cl2N2O2/c13-8-3-2-7-9(6-15)16(4-1-5-17)12(18)10(7)11(8)14/h2-3,9,17H,1,4-5H2. The van der Waals surface area contributed by atoms with Gasteiger partial charge in [-0.2, -0.15) is 5.26 Å². The van der Waals surface area contributed by atoms with Gasteiger partial charge in [-0.1, -0.05) is 29.3 Å². The molecule has 0 bridgehead atoms. The van der Waals surface area contributed by atoms with E-state index in [1.54, 1.807) is 12.1 Å². The zero-order chi connectivity index (χ0) is 13.3. The Hall–Kier alpha value is -1.28. The highest BCUT2D eigenvalue weighted by atomic mass is 35.5. The molecule has 1 unspecified atom stereocenters. The highest BCUT2D eigenvalue weighted by Crippen LogP contribution is 2.40. The van der Waals surface area contributed by atoms with E-state index in [-0.39, 0.29) is 17.5 Å². The van der Waals surface area contributed by atoms with E-state index in [0.717, 1.165) is 0 Å². The molecular weight excluding hydrogens is 275 g/mol. The van der Waals surface area contributed by atoms with Gasteiger partial charge in [-0.3, -0.25) is 4.79 Å². The number of halogens is 2. The van der Waals surface area contributed by atoms with E-state index in [1.807, 2.05) is 0 Å². The monoisotopic (exact) mass is 284 g/mol. The van der Waals surface area contributed by atoms with E-state index in [0.29, 0.717) is 29.1 Å². The van der Waals surface area contributed by atoms with Gasteiger partial charge in [0.1, 0.15) is 6.04 Å². The molecule has 0 saturated carbocycles. The lowest BCUT2D eigenvalue weighted by Gasteiger charge is -2.19. The molecule has 18 heavy (non-hydrogen) atoms. The van der Waals surface area contributed by atoms with Gasteiger partial charge < -0.3 is 10.0 Å². The maximum atomic E-state index is 12.2. The maximum Gasteiger partial charge on any atom is 0.257 e. The second kappa shape index (κ2) is 5.15. The summed E-state index contributed by atoms with van der Waals surface area (Å²) in [6.07, 6.45) is 0.420. The first-order valence-corrected chi connectivity index (χ1v) is 6.16. The number of hydrogen-bond acceptors (Lipinski definition) is 3. The van der Waals surface area contributed by atoms with Crippen LogP contribution in [-0.2, 0) is 0 Å². The van der Waals surface area contributed by atoms with Crippen molar-refractivity contribution in [3.63, 3.8) is 0 Å². The molecule has 1 aliphatic rings. The number of benzene rings is 1. The van der Waals surface area contributed by atoms with Crippen molar-refractivity contribution in [3.05, 3.63) is 33.3 Å². The summed E-state index contributed by atoms with van der Waals surface area (Å²) in [4.78, 5) is 13.6. The summed E-state index contributed by atoms with van der Waals surface area (Å²) in [6.45, 7) is 0.281. The highest BCUT2D eigenvalue weighted by molar-refractivity contribution is 6.44.